The summed E-state index contributed by atoms with van der Waals surface area (Å²) in [6, 6.07) is 22.4. The summed E-state index contributed by atoms with van der Waals surface area (Å²) in [5.74, 6) is 0.706. The van der Waals surface area contributed by atoms with Gasteiger partial charge in [0.15, 0.2) is 11.5 Å². The lowest BCUT2D eigenvalue weighted by Gasteiger charge is -2.13. The maximum Gasteiger partial charge on any atom is 0.386 e. The van der Waals surface area contributed by atoms with Crippen LogP contribution in [0.25, 0.3) is 5.57 Å². The van der Waals surface area contributed by atoms with Crippen molar-refractivity contribution in [3.05, 3.63) is 101 Å². The lowest BCUT2D eigenvalue weighted by Crippen LogP contribution is -2.27. The van der Waals surface area contributed by atoms with Gasteiger partial charge in [-0.05, 0) is 42.2 Å². The van der Waals surface area contributed by atoms with Crippen LogP contribution in [0.4, 0.5) is 8.78 Å². The molecule has 5 nitrogen and oxygen atoms in total. The highest BCUT2D eigenvalue weighted by Crippen LogP contribution is 2.29. The summed E-state index contributed by atoms with van der Waals surface area (Å²) in [4.78, 5) is 12.7. The van der Waals surface area contributed by atoms with Crippen molar-refractivity contribution in [2.45, 2.75) is 26.6 Å². The van der Waals surface area contributed by atoms with E-state index in [1.54, 1.807) is 31.4 Å². The van der Waals surface area contributed by atoms with Crippen LogP contribution in [0.2, 0.25) is 0 Å². The molecule has 0 saturated heterocycles. The molecule has 0 spiro atoms. The number of nitrogens with one attached hydrogen (secondary N) is 1. The van der Waals surface area contributed by atoms with Crippen LogP contribution in [0.3, 0.4) is 0 Å². The van der Waals surface area contributed by atoms with E-state index in [9.17, 15) is 13.6 Å². The Morgan fingerprint density at radius 3 is 2.38 bits per heavy atom. The molecule has 3 aromatic carbocycles. The smallest absolute Gasteiger partial charge is 0.386 e. The van der Waals surface area contributed by atoms with Gasteiger partial charge in [-0.25, -0.2) is 0 Å². The topological polar surface area (TPSA) is 56.8 Å². The summed E-state index contributed by atoms with van der Waals surface area (Å²) in [5.41, 5.74) is 3.48. The van der Waals surface area contributed by atoms with Gasteiger partial charge in [0.05, 0.1) is 12.7 Å². The fourth-order valence-electron chi connectivity index (χ4n) is 3.24. The molecule has 0 atom stereocenters. The van der Waals surface area contributed by atoms with Crippen LogP contribution in [-0.4, -0.2) is 26.2 Å². The molecule has 0 heterocycles. The Balaban J connectivity index is 1.60. The second kappa shape index (κ2) is 12.4. The molecule has 0 saturated carbocycles. The fourth-order valence-corrected chi connectivity index (χ4v) is 3.24. The van der Waals surface area contributed by atoms with Gasteiger partial charge in [-0.15, -0.1) is 0 Å². The van der Waals surface area contributed by atoms with Crippen molar-refractivity contribution >= 4 is 11.5 Å². The Morgan fingerprint density at radius 1 is 0.971 bits per heavy atom. The number of aryl methyl sites for hydroxylation is 1. The van der Waals surface area contributed by atoms with E-state index in [2.05, 4.69) is 10.1 Å². The molecule has 0 fully saturated rings. The third-order valence-electron chi connectivity index (χ3n) is 5.06. The molecule has 0 aliphatic heterocycles. The molecule has 0 aliphatic rings. The molecule has 0 aliphatic carbocycles. The summed E-state index contributed by atoms with van der Waals surface area (Å²) in [5, 5.41) is 2.76. The first-order valence-electron chi connectivity index (χ1n) is 10.8. The van der Waals surface area contributed by atoms with Crippen molar-refractivity contribution in [1.82, 2.24) is 5.32 Å². The van der Waals surface area contributed by atoms with Gasteiger partial charge < -0.3 is 19.5 Å². The molecule has 0 radical (unpaired) electrons. The quantitative estimate of drug-likeness (QED) is 0.298. The van der Waals surface area contributed by atoms with E-state index in [1.807, 2.05) is 55.5 Å². The van der Waals surface area contributed by atoms with Gasteiger partial charge in [-0.2, -0.15) is 8.78 Å². The summed E-state index contributed by atoms with van der Waals surface area (Å²) in [6.45, 7) is -0.399. The molecule has 1 N–H and O–H groups in total. The third-order valence-corrected chi connectivity index (χ3v) is 5.06. The van der Waals surface area contributed by atoms with Crippen molar-refractivity contribution in [2.24, 2.45) is 0 Å². The molecule has 0 unspecified atom stereocenters. The maximum atomic E-state index is 12.7. The van der Waals surface area contributed by atoms with Crippen LogP contribution in [0, 0.1) is 6.92 Å². The van der Waals surface area contributed by atoms with E-state index in [1.165, 1.54) is 0 Å². The largest absolute Gasteiger partial charge is 0.493 e. The van der Waals surface area contributed by atoms with Gasteiger partial charge in [0.1, 0.15) is 12.9 Å². The number of halogens is 2. The molecule has 178 valence electrons. The highest BCUT2D eigenvalue weighted by Gasteiger charge is 2.14. The van der Waals surface area contributed by atoms with Gasteiger partial charge in [-0.1, -0.05) is 66.2 Å². The molecular weight excluding hydrogens is 440 g/mol. The van der Waals surface area contributed by atoms with E-state index in [4.69, 9.17) is 9.47 Å². The number of carbonyl (C=O) groups excluding carboxylic acids is 1. The van der Waals surface area contributed by atoms with Gasteiger partial charge in [0.2, 0.25) is 0 Å². The van der Waals surface area contributed by atoms with Crippen LogP contribution < -0.4 is 14.8 Å². The van der Waals surface area contributed by atoms with Gasteiger partial charge in [0, 0.05) is 6.54 Å². The summed E-state index contributed by atoms with van der Waals surface area (Å²) < 4.78 is 40.7. The normalized spacial score (nSPS) is 11.3. The number of hydrogen-bond donors (Lipinski definition) is 1. The number of rotatable bonds is 11. The Bertz CT molecular complexity index is 1100. The monoisotopic (exact) mass is 467 g/mol. The Morgan fingerprint density at radius 2 is 1.71 bits per heavy atom. The van der Waals surface area contributed by atoms with Gasteiger partial charge in [0.25, 0.3) is 5.91 Å². The van der Waals surface area contributed by atoms with E-state index in [0.29, 0.717) is 36.6 Å². The Hall–Kier alpha value is -3.87. The van der Waals surface area contributed by atoms with Crippen molar-refractivity contribution in [2.75, 3.05) is 13.7 Å². The van der Waals surface area contributed by atoms with Crippen LogP contribution in [0.1, 0.15) is 22.3 Å². The average molecular weight is 468 g/mol. The first-order valence-corrected chi connectivity index (χ1v) is 10.8. The van der Waals surface area contributed by atoms with Crippen LogP contribution >= 0.6 is 0 Å². The molecule has 34 heavy (non-hydrogen) atoms. The summed E-state index contributed by atoms with van der Waals surface area (Å²) in [6.07, 6.45) is 1.31. The summed E-state index contributed by atoms with van der Waals surface area (Å²) >= 11 is 0. The summed E-state index contributed by atoms with van der Waals surface area (Å²) in [7, 11) is 1.57. The predicted molar refractivity (Wildman–Crippen MR) is 127 cm³/mol. The molecule has 1 amide bonds. The van der Waals surface area contributed by atoms with Crippen LogP contribution in [0.15, 0.2) is 79.1 Å². The number of amides is 1. The highest BCUT2D eigenvalue weighted by atomic mass is 19.3. The predicted octanol–water partition coefficient (Wildman–Crippen LogP) is 5.52. The minimum Gasteiger partial charge on any atom is -0.493 e. The third kappa shape index (κ3) is 7.33. The molecule has 7 heteroatoms. The maximum absolute atomic E-state index is 12.7. The zero-order chi connectivity index (χ0) is 24.3. The van der Waals surface area contributed by atoms with Crippen molar-refractivity contribution in [3.8, 4) is 11.5 Å². The standard InChI is InChI=1S/C27H27F2NO4/c1-19-8-11-22(12-9-19)23(18-34-27(28)29)26(31)30-15-14-20-10-13-24(25(16-20)32-2)33-17-21-6-4-3-5-7-21/h3-13,16,18,27H,14-15,17H2,1-2H3,(H,30,31)/b23-18-. The first kappa shape index (κ1) is 24.8. The second-order valence-corrected chi connectivity index (χ2v) is 7.56. The molecular formula is C27H27F2NO4. The number of ether oxygens (including phenoxy) is 3. The zero-order valence-electron chi connectivity index (χ0n) is 19.1. The van der Waals surface area contributed by atoms with Crippen molar-refractivity contribution in [3.63, 3.8) is 0 Å². The number of alkyl halides is 2. The van der Waals surface area contributed by atoms with Crippen LogP contribution in [0.5, 0.6) is 11.5 Å². The van der Waals surface area contributed by atoms with E-state index >= 15 is 0 Å². The van der Waals surface area contributed by atoms with E-state index in [-0.39, 0.29) is 5.57 Å². The number of hydrogen-bond acceptors (Lipinski definition) is 4. The van der Waals surface area contributed by atoms with Crippen LogP contribution in [-0.2, 0) is 22.6 Å². The average Bonchev–Trinajstić information content (AvgIpc) is 2.84. The van der Waals surface area contributed by atoms with E-state index < -0.39 is 12.5 Å². The SMILES string of the molecule is COc1cc(CCNC(=O)/C(=C\OC(F)F)c2ccc(C)cc2)ccc1OCc1ccccc1. The van der Waals surface area contributed by atoms with Crippen molar-refractivity contribution in [1.29, 1.82) is 0 Å². The first-order chi connectivity index (χ1) is 16.5. The minimum absolute atomic E-state index is 0.0301. The second-order valence-electron chi connectivity index (χ2n) is 7.56. The zero-order valence-corrected chi connectivity index (χ0v) is 19.1. The van der Waals surface area contributed by atoms with Crippen molar-refractivity contribution < 1.29 is 27.8 Å². The Labute approximate surface area is 198 Å². The van der Waals surface area contributed by atoms with Gasteiger partial charge in [-0.3, -0.25) is 4.79 Å². The molecule has 0 bridgehead atoms. The number of benzene rings is 3. The van der Waals surface area contributed by atoms with E-state index in [0.717, 1.165) is 23.0 Å². The highest BCUT2D eigenvalue weighted by molar-refractivity contribution is 6.19. The lowest BCUT2D eigenvalue weighted by atomic mass is 10.0. The molecule has 3 aromatic rings. The fraction of sp³-hybridized carbons (Fsp3) is 0.222. The molecule has 3 rings (SSSR count). The number of carbonyl (C=O) groups is 1. The minimum atomic E-state index is -3.01. The van der Waals surface area contributed by atoms with Gasteiger partial charge >= 0.3 is 6.61 Å². The Kier molecular flexibility index (Phi) is 9.03. The lowest BCUT2D eigenvalue weighted by molar-refractivity contribution is -0.116. The molecule has 0 aromatic heterocycles. The number of methoxy groups -OCH3 is 1.